The van der Waals surface area contributed by atoms with Crippen molar-refractivity contribution in [2.45, 2.75) is 25.7 Å². The zero-order valence-electron chi connectivity index (χ0n) is 16.6. The van der Waals surface area contributed by atoms with Crippen LogP contribution >= 0.6 is 0 Å². The first-order valence-corrected chi connectivity index (χ1v) is 8.99. The molecule has 0 aliphatic carbocycles. The van der Waals surface area contributed by atoms with E-state index in [0.29, 0.717) is 25.7 Å². The minimum atomic E-state index is -0.605. The molecule has 0 saturated carbocycles. The summed E-state index contributed by atoms with van der Waals surface area (Å²) in [6.07, 6.45) is 5.61. The van der Waals surface area contributed by atoms with E-state index in [1.165, 1.54) is 0 Å². The van der Waals surface area contributed by atoms with E-state index in [0.717, 1.165) is 24.3 Å². The van der Waals surface area contributed by atoms with Crippen LogP contribution in [-0.2, 0) is 38.1 Å². The van der Waals surface area contributed by atoms with Gasteiger partial charge in [-0.2, -0.15) is 0 Å². The maximum Gasteiger partial charge on any atom is 0.330 e. The third-order valence-corrected chi connectivity index (χ3v) is 4.17. The smallest absolute Gasteiger partial charge is 0.330 e. The SMILES string of the molecule is C=CC(=O)OCCC(CCOC(=O)C=C)(CCOC(=O)C=C)CCOC(=O)C=C. The van der Waals surface area contributed by atoms with E-state index in [1.54, 1.807) is 0 Å². The molecule has 160 valence electrons. The quantitative estimate of drug-likeness (QED) is 0.218. The molecule has 0 aromatic heterocycles. The van der Waals surface area contributed by atoms with Gasteiger partial charge in [0.25, 0.3) is 0 Å². The molecule has 0 saturated heterocycles. The summed E-state index contributed by atoms with van der Waals surface area (Å²) in [6, 6.07) is 0. The molecule has 0 rings (SSSR count). The summed E-state index contributed by atoms with van der Waals surface area (Å²) in [6.45, 7) is 13.6. The van der Waals surface area contributed by atoms with Crippen molar-refractivity contribution in [2.75, 3.05) is 26.4 Å². The van der Waals surface area contributed by atoms with Crippen LogP contribution < -0.4 is 0 Å². The number of carbonyl (C=O) groups is 4. The molecular formula is C21H28O8. The molecule has 0 amide bonds. The van der Waals surface area contributed by atoms with Gasteiger partial charge >= 0.3 is 23.9 Å². The lowest BCUT2D eigenvalue weighted by atomic mass is 9.76. The molecule has 8 nitrogen and oxygen atoms in total. The molecule has 0 aromatic carbocycles. The minimum absolute atomic E-state index is 0.0606. The Hall–Kier alpha value is -3.16. The first-order valence-electron chi connectivity index (χ1n) is 8.99. The van der Waals surface area contributed by atoms with Crippen molar-refractivity contribution in [3.63, 3.8) is 0 Å². The van der Waals surface area contributed by atoms with Crippen molar-refractivity contribution in [3.8, 4) is 0 Å². The second kappa shape index (κ2) is 14.8. The van der Waals surface area contributed by atoms with E-state index in [1.807, 2.05) is 0 Å². The van der Waals surface area contributed by atoms with E-state index >= 15 is 0 Å². The van der Waals surface area contributed by atoms with Gasteiger partial charge in [0.05, 0.1) is 26.4 Å². The van der Waals surface area contributed by atoms with Crippen molar-refractivity contribution < 1.29 is 38.1 Å². The fraction of sp³-hybridized carbons (Fsp3) is 0.429. The van der Waals surface area contributed by atoms with Crippen LogP contribution in [0, 0.1) is 5.41 Å². The molecule has 0 spiro atoms. The van der Waals surface area contributed by atoms with Crippen molar-refractivity contribution in [1.82, 2.24) is 0 Å². The summed E-state index contributed by atoms with van der Waals surface area (Å²) < 4.78 is 20.3. The number of rotatable bonds is 16. The van der Waals surface area contributed by atoms with Gasteiger partial charge in [0.2, 0.25) is 0 Å². The average molecular weight is 408 g/mol. The third-order valence-electron chi connectivity index (χ3n) is 4.17. The average Bonchev–Trinajstić information content (AvgIpc) is 2.72. The van der Waals surface area contributed by atoms with Crippen molar-refractivity contribution in [2.24, 2.45) is 5.41 Å². The maximum absolute atomic E-state index is 11.3. The molecule has 0 unspecified atom stereocenters. The Morgan fingerprint density at radius 3 is 0.897 bits per heavy atom. The van der Waals surface area contributed by atoms with Gasteiger partial charge in [-0.1, -0.05) is 26.3 Å². The van der Waals surface area contributed by atoms with Gasteiger partial charge in [0.15, 0.2) is 0 Å². The second-order valence-corrected chi connectivity index (χ2v) is 5.99. The number of ether oxygens (including phenoxy) is 4. The van der Waals surface area contributed by atoms with Gasteiger partial charge in [-0.05, 0) is 31.1 Å². The predicted molar refractivity (Wildman–Crippen MR) is 106 cm³/mol. The fourth-order valence-electron chi connectivity index (χ4n) is 2.46. The number of hydrogen-bond donors (Lipinski definition) is 0. The number of carbonyl (C=O) groups excluding carboxylic acids is 4. The molecule has 0 fully saturated rings. The Bertz CT molecular complexity index is 511. The summed E-state index contributed by atoms with van der Waals surface area (Å²) in [5.74, 6) is -2.30. The molecule has 0 heterocycles. The third kappa shape index (κ3) is 12.0. The minimum Gasteiger partial charge on any atom is -0.463 e. The Morgan fingerprint density at radius 1 is 0.517 bits per heavy atom. The molecular weight excluding hydrogens is 380 g/mol. The van der Waals surface area contributed by atoms with Crippen LogP contribution in [0.15, 0.2) is 50.6 Å². The van der Waals surface area contributed by atoms with E-state index in [4.69, 9.17) is 18.9 Å². The molecule has 0 radical (unpaired) electrons. The topological polar surface area (TPSA) is 105 Å². The summed E-state index contributed by atoms with van der Waals surface area (Å²) in [7, 11) is 0. The van der Waals surface area contributed by atoms with Crippen LogP contribution in [0.1, 0.15) is 25.7 Å². The largest absolute Gasteiger partial charge is 0.463 e. The lowest BCUT2D eigenvalue weighted by Crippen LogP contribution is -2.30. The Morgan fingerprint density at radius 2 is 0.724 bits per heavy atom. The lowest BCUT2D eigenvalue weighted by molar-refractivity contribution is -0.140. The Kier molecular flexibility index (Phi) is 13.2. The highest BCUT2D eigenvalue weighted by molar-refractivity contribution is 5.82. The van der Waals surface area contributed by atoms with Gasteiger partial charge in [-0.15, -0.1) is 0 Å². The first-order chi connectivity index (χ1) is 13.8. The Labute approximate surface area is 170 Å². The van der Waals surface area contributed by atoms with Crippen LogP contribution in [0.4, 0.5) is 0 Å². The van der Waals surface area contributed by atoms with E-state index in [2.05, 4.69) is 26.3 Å². The van der Waals surface area contributed by atoms with Crippen molar-refractivity contribution in [1.29, 1.82) is 0 Å². The highest BCUT2D eigenvalue weighted by Gasteiger charge is 2.31. The Balaban J connectivity index is 5.23. The fourth-order valence-corrected chi connectivity index (χ4v) is 2.46. The van der Waals surface area contributed by atoms with Crippen molar-refractivity contribution in [3.05, 3.63) is 50.6 Å². The lowest BCUT2D eigenvalue weighted by Gasteiger charge is -2.33. The van der Waals surface area contributed by atoms with Gasteiger partial charge < -0.3 is 18.9 Å². The van der Waals surface area contributed by atoms with Crippen LogP contribution in [0.5, 0.6) is 0 Å². The molecule has 0 atom stereocenters. The zero-order chi connectivity index (χ0) is 22.1. The highest BCUT2D eigenvalue weighted by atomic mass is 16.5. The molecule has 8 heteroatoms. The monoisotopic (exact) mass is 408 g/mol. The van der Waals surface area contributed by atoms with Crippen molar-refractivity contribution >= 4 is 23.9 Å². The molecule has 0 bridgehead atoms. The predicted octanol–water partition coefficient (Wildman–Crippen LogP) is 2.45. The number of esters is 4. The van der Waals surface area contributed by atoms with Gasteiger partial charge in [0.1, 0.15) is 0 Å². The molecule has 29 heavy (non-hydrogen) atoms. The van der Waals surface area contributed by atoms with E-state index in [9.17, 15) is 19.2 Å². The van der Waals surface area contributed by atoms with E-state index in [-0.39, 0.29) is 26.4 Å². The standard InChI is InChI=1S/C21H28O8/c1-5-17(22)26-13-9-21(10-14-27-18(23)6-2,11-15-28-19(24)7-3)12-16-29-20(25)8-4/h5-8H,1-4,9-16H2. The highest BCUT2D eigenvalue weighted by Crippen LogP contribution is 2.35. The molecule has 0 N–H and O–H groups in total. The normalized spacial score (nSPS) is 10.2. The number of hydrogen-bond acceptors (Lipinski definition) is 8. The molecule has 0 aliphatic heterocycles. The zero-order valence-corrected chi connectivity index (χ0v) is 16.6. The van der Waals surface area contributed by atoms with Gasteiger partial charge in [-0.25, -0.2) is 19.2 Å². The molecule has 0 aliphatic rings. The summed E-state index contributed by atoms with van der Waals surface area (Å²) in [5, 5.41) is 0. The second-order valence-electron chi connectivity index (χ2n) is 5.99. The van der Waals surface area contributed by atoms with E-state index < -0.39 is 29.3 Å². The maximum atomic E-state index is 11.3. The summed E-state index contributed by atoms with van der Waals surface area (Å²) >= 11 is 0. The van der Waals surface area contributed by atoms with Crippen LogP contribution in [0.3, 0.4) is 0 Å². The van der Waals surface area contributed by atoms with Gasteiger partial charge in [0, 0.05) is 24.3 Å². The van der Waals surface area contributed by atoms with Crippen LogP contribution in [0.25, 0.3) is 0 Å². The first kappa shape index (κ1) is 25.8. The van der Waals surface area contributed by atoms with Crippen LogP contribution in [0.2, 0.25) is 0 Å². The van der Waals surface area contributed by atoms with Gasteiger partial charge in [-0.3, -0.25) is 0 Å². The molecule has 0 aromatic rings. The summed E-state index contributed by atoms with van der Waals surface area (Å²) in [4.78, 5) is 45.4. The van der Waals surface area contributed by atoms with Crippen LogP contribution in [-0.4, -0.2) is 50.3 Å². The summed E-state index contributed by atoms with van der Waals surface area (Å²) in [5.41, 5.74) is -0.605.